The lowest BCUT2D eigenvalue weighted by Crippen LogP contribution is -2.08. The normalized spacial score (nSPS) is 11.4. The summed E-state index contributed by atoms with van der Waals surface area (Å²) in [5.41, 5.74) is 6.51. The maximum Gasteiger partial charge on any atom is 0.184 e. The molecular formula is C13H12ClNO2S. The first kappa shape index (κ1) is 12.9. The Hall–Kier alpha value is -1.52. The molecule has 0 aliphatic carbocycles. The summed E-state index contributed by atoms with van der Waals surface area (Å²) in [6, 6.07) is 13.3. The molecule has 0 saturated carbocycles. The number of sulfone groups is 1. The molecule has 2 aromatic carbocycles. The zero-order chi connectivity index (χ0) is 13.2. The lowest BCUT2D eigenvalue weighted by atomic mass is 10.2. The molecule has 3 nitrogen and oxygen atoms in total. The lowest BCUT2D eigenvalue weighted by molar-refractivity contribution is 0.595. The number of para-hydroxylation sites is 1. The van der Waals surface area contributed by atoms with Crippen molar-refractivity contribution in [3.05, 3.63) is 59.1 Å². The third-order valence-electron chi connectivity index (χ3n) is 2.56. The molecule has 5 heteroatoms. The van der Waals surface area contributed by atoms with Crippen LogP contribution >= 0.6 is 11.6 Å². The summed E-state index contributed by atoms with van der Waals surface area (Å²) < 4.78 is 24.5. The van der Waals surface area contributed by atoms with Gasteiger partial charge in [0.2, 0.25) is 0 Å². The fraction of sp³-hybridized carbons (Fsp3) is 0.0769. The number of rotatable bonds is 3. The van der Waals surface area contributed by atoms with Gasteiger partial charge in [0.25, 0.3) is 0 Å². The van der Waals surface area contributed by atoms with Gasteiger partial charge in [-0.05, 0) is 23.8 Å². The summed E-state index contributed by atoms with van der Waals surface area (Å²) in [5.74, 6) is -0.152. The van der Waals surface area contributed by atoms with Gasteiger partial charge in [-0.2, -0.15) is 0 Å². The SMILES string of the molecule is Nc1ccccc1S(=O)(=O)Cc1ccccc1Cl. The highest BCUT2D eigenvalue weighted by Gasteiger charge is 2.18. The first-order valence-corrected chi connectivity index (χ1v) is 7.34. The fourth-order valence-corrected chi connectivity index (χ4v) is 3.47. The van der Waals surface area contributed by atoms with Crippen molar-refractivity contribution in [2.24, 2.45) is 0 Å². The Morgan fingerprint density at radius 1 is 1.00 bits per heavy atom. The van der Waals surface area contributed by atoms with Gasteiger partial charge in [-0.15, -0.1) is 0 Å². The van der Waals surface area contributed by atoms with E-state index in [0.717, 1.165) is 0 Å². The molecule has 0 amide bonds. The van der Waals surface area contributed by atoms with Crippen LogP contribution in [0, 0.1) is 0 Å². The average molecular weight is 282 g/mol. The monoisotopic (exact) mass is 281 g/mol. The maximum absolute atomic E-state index is 12.2. The third kappa shape index (κ3) is 2.66. The van der Waals surface area contributed by atoms with Gasteiger partial charge in [0.15, 0.2) is 9.84 Å². The van der Waals surface area contributed by atoms with Gasteiger partial charge in [-0.1, -0.05) is 41.9 Å². The number of anilines is 1. The second-order valence-electron chi connectivity index (χ2n) is 3.89. The molecule has 18 heavy (non-hydrogen) atoms. The first-order valence-electron chi connectivity index (χ1n) is 5.31. The number of halogens is 1. The molecule has 0 aliphatic rings. The number of nitrogen functional groups attached to an aromatic ring is 1. The Morgan fingerprint density at radius 3 is 2.28 bits per heavy atom. The van der Waals surface area contributed by atoms with Crippen LogP contribution in [0.2, 0.25) is 5.02 Å². The van der Waals surface area contributed by atoms with E-state index in [0.29, 0.717) is 10.6 Å². The predicted octanol–water partition coefficient (Wildman–Crippen LogP) is 2.90. The molecule has 94 valence electrons. The molecule has 2 N–H and O–H groups in total. The lowest BCUT2D eigenvalue weighted by Gasteiger charge is -2.08. The molecule has 0 unspecified atom stereocenters. The summed E-state index contributed by atoms with van der Waals surface area (Å²) in [5, 5.41) is 0.440. The van der Waals surface area contributed by atoms with Crippen LogP contribution in [0.3, 0.4) is 0 Å². The van der Waals surface area contributed by atoms with E-state index in [2.05, 4.69) is 0 Å². The molecule has 0 radical (unpaired) electrons. The quantitative estimate of drug-likeness (QED) is 0.880. The Labute approximate surface area is 111 Å². The van der Waals surface area contributed by atoms with Gasteiger partial charge >= 0.3 is 0 Å². The average Bonchev–Trinajstić information content (AvgIpc) is 2.32. The van der Waals surface area contributed by atoms with Crippen molar-refractivity contribution in [3.8, 4) is 0 Å². The molecule has 0 bridgehead atoms. The largest absolute Gasteiger partial charge is 0.398 e. The zero-order valence-electron chi connectivity index (χ0n) is 9.51. The number of benzene rings is 2. The molecule has 2 rings (SSSR count). The molecule has 0 aliphatic heterocycles. The van der Waals surface area contributed by atoms with Crippen LogP contribution < -0.4 is 5.73 Å². The van der Waals surface area contributed by atoms with Crippen LogP contribution in [0.15, 0.2) is 53.4 Å². The minimum absolute atomic E-state index is 0.143. The van der Waals surface area contributed by atoms with Crippen molar-refractivity contribution in [1.82, 2.24) is 0 Å². The van der Waals surface area contributed by atoms with Crippen LogP contribution in [0.25, 0.3) is 0 Å². The highest BCUT2D eigenvalue weighted by molar-refractivity contribution is 7.90. The van der Waals surface area contributed by atoms with E-state index >= 15 is 0 Å². The second-order valence-corrected chi connectivity index (χ2v) is 6.25. The van der Waals surface area contributed by atoms with Gasteiger partial charge in [0.1, 0.15) is 0 Å². The van der Waals surface area contributed by atoms with E-state index in [-0.39, 0.29) is 16.3 Å². The van der Waals surface area contributed by atoms with E-state index in [1.165, 1.54) is 6.07 Å². The summed E-state index contributed by atoms with van der Waals surface area (Å²) in [6.45, 7) is 0. The Bertz CT molecular complexity index is 668. The smallest absolute Gasteiger partial charge is 0.184 e. The van der Waals surface area contributed by atoms with E-state index in [9.17, 15) is 8.42 Å². The molecule has 0 aromatic heterocycles. The number of hydrogen-bond donors (Lipinski definition) is 1. The van der Waals surface area contributed by atoms with E-state index in [1.54, 1.807) is 42.5 Å². The molecule has 0 fully saturated rings. The van der Waals surface area contributed by atoms with Crippen molar-refractivity contribution in [2.45, 2.75) is 10.6 Å². The first-order chi connectivity index (χ1) is 8.50. The van der Waals surface area contributed by atoms with Gasteiger partial charge in [0, 0.05) is 5.02 Å². The van der Waals surface area contributed by atoms with Crippen molar-refractivity contribution < 1.29 is 8.42 Å². The van der Waals surface area contributed by atoms with Crippen molar-refractivity contribution in [3.63, 3.8) is 0 Å². The molecule has 0 atom stereocenters. The van der Waals surface area contributed by atoms with Crippen LogP contribution in [0.5, 0.6) is 0 Å². The summed E-state index contributed by atoms with van der Waals surface area (Å²) in [4.78, 5) is 0.143. The van der Waals surface area contributed by atoms with Crippen LogP contribution in [0.4, 0.5) is 5.69 Å². The van der Waals surface area contributed by atoms with Crippen molar-refractivity contribution in [2.75, 3.05) is 5.73 Å². The minimum atomic E-state index is -3.48. The van der Waals surface area contributed by atoms with Gasteiger partial charge in [0.05, 0.1) is 16.3 Å². The van der Waals surface area contributed by atoms with E-state index in [4.69, 9.17) is 17.3 Å². The Morgan fingerprint density at radius 2 is 1.61 bits per heavy atom. The highest BCUT2D eigenvalue weighted by atomic mass is 35.5. The van der Waals surface area contributed by atoms with Crippen LogP contribution in [-0.4, -0.2) is 8.42 Å². The van der Waals surface area contributed by atoms with Gasteiger partial charge < -0.3 is 5.73 Å². The predicted molar refractivity (Wildman–Crippen MR) is 73.2 cm³/mol. The van der Waals surface area contributed by atoms with Crippen molar-refractivity contribution in [1.29, 1.82) is 0 Å². The van der Waals surface area contributed by atoms with E-state index < -0.39 is 9.84 Å². The second kappa shape index (κ2) is 5.00. The number of hydrogen-bond acceptors (Lipinski definition) is 3. The fourth-order valence-electron chi connectivity index (χ4n) is 1.66. The topological polar surface area (TPSA) is 60.2 Å². The molecule has 0 spiro atoms. The summed E-state index contributed by atoms with van der Waals surface area (Å²) >= 11 is 5.96. The van der Waals surface area contributed by atoms with Crippen molar-refractivity contribution >= 4 is 27.1 Å². The maximum atomic E-state index is 12.2. The molecule has 0 saturated heterocycles. The summed E-state index contributed by atoms with van der Waals surface area (Å²) in [6.07, 6.45) is 0. The third-order valence-corrected chi connectivity index (χ3v) is 4.66. The standard InChI is InChI=1S/C13H12ClNO2S/c14-11-6-2-1-5-10(11)9-18(16,17)13-8-4-3-7-12(13)15/h1-8H,9,15H2. The van der Waals surface area contributed by atoms with Gasteiger partial charge in [-0.3, -0.25) is 0 Å². The molecule has 2 aromatic rings. The van der Waals surface area contributed by atoms with Gasteiger partial charge in [-0.25, -0.2) is 8.42 Å². The van der Waals surface area contributed by atoms with E-state index in [1.807, 2.05) is 0 Å². The minimum Gasteiger partial charge on any atom is -0.398 e. The van der Waals surface area contributed by atoms with Crippen LogP contribution in [-0.2, 0) is 15.6 Å². The summed E-state index contributed by atoms with van der Waals surface area (Å²) in [7, 11) is -3.48. The molecular weight excluding hydrogens is 270 g/mol. The Kier molecular flexibility index (Phi) is 3.59. The zero-order valence-corrected chi connectivity index (χ0v) is 11.1. The number of nitrogens with two attached hydrogens (primary N) is 1. The Balaban J connectivity index is 2.40. The van der Waals surface area contributed by atoms with Crippen LogP contribution in [0.1, 0.15) is 5.56 Å². The highest BCUT2D eigenvalue weighted by Crippen LogP contribution is 2.25. The molecule has 0 heterocycles.